The van der Waals surface area contributed by atoms with Crippen molar-refractivity contribution in [1.29, 1.82) is 0 Å². The van der Waals surface area contributed by atoms with Crippen LogP contribution in [0.1, 0.15) is 51.0 Å². The first-order chi connectivity index (χ1) is 14.5. The number of para-hydroxylation sites is 2. The summed E-state index contributed by atoms with van der Waals surface area (Å²) in [6.07, 6.45) is 7.91. The third-order valence-corrected chi connectivity index (χ3v) is 7.20. The van der Waals surface area contributed by atoms with Gasteiger partial charge in [-0.25, -0.2) is 0 Å². The van der Waals surface area contributed by atoms with Crippen LogP contribution in [0.25, 0.3) is 11.0 Å². The summed E-state index contributed by atoms with van der Waals surface area (Å²) in [6, 6.07) is 16.8. The van der Waals surface area contributed by atoms with Gasteiger partial charge < -0.3 is 9.73 Å². The molecule has 1 saturated carbocycles. The van der Waals surface area contributed by atoms with Crippen LogP contribution in [-0.4, -0.2) is 14.5 Å². The number of hydrogen-bond acceptors (Lipinski definition) is 4. The molecule has 0 amide bonds. The minimum absolute atomic E-state index is 0.0721. The number of fused-ring (bicyclic) bond motifs is 1. The van der Waals surface area contributed by atoms with Crippen LogP contribution in [0.3, 0.4) is 0 Å². The molecule has 3 aromatic rings. The summed E-state index contributed by atoms with van der Waals surface area (Å²) in [5.74, 6) is 0.808. The summed E-state index contributed by atoms with van der Waals surface area (Å²) in [6.45, 7) is 2.84. The molecule has 2 N–H and O–H groups in total. The van der Waals surface area contributed by atoms with Crippen molar-refractivity contribution in [1.82, 2.24) is 5.32 Å². The fraction of sp³-hybridized carbons (Fsp3) is 0.417. The topological polar surface area (TPSA) is 71.3 Å². The van der Waals surface area contributed by atoms with Crippen molar-refractivity contribution >= 4 is 26.7 Å². The van der Waals surface area contributed by atoms with Crippen LogP contribution in [0, 0.1) is 5.92 Å². The van der Waals surface area contributed by atoms with Crippen molar-refractivity contribution in [2.75, 3.05) is 4.72 Å². The van der Waals surface area contributed by atoms with Crippen molar-refractivity contribution < 1.29 is 12.8 Å². The van der Waals surface area contributed by atoms with E-state index in [1.54, 1.807) is 18.2 Å². The molecule has 1 heterocycles. The molecule has 2 aromatic carbocycles. The lowest BCUT2D eigenvalue weighted by Gasteiger charge is -2.25. The Morgan fingerprint density at radius 2 is 1.77 bits per heavy atom. The van der Waals surface area contributed by atoms with E-state index in [1.807, 2.05) is 36.4 Å². The molecule has 5 nitrogen and oxygen atoms in total. The van der Waals surface area contributed by atoms with Gasteiger partial charge >= 0.3 is 0 Å². The fourth-order valence-corrected chi connectivity index (χ4v) is 5.42. The summed E-state index contributed by atoms with van der Waals surface area (Å²) >= 11 is 0. The van der Waals surface area contributed by atoms with Gasteiger partial charge in [0.25, 0.3) is 10.0 Å². The second kappa shape index (κ2) is 9.23. The maximum atomic E-state index is 12.9. The van der Waals surface area contributed by atoms with Crippen molar-refractivity contribution in [3.63, 3.8) is 0 Å². The third-order valence-electron chi connectivity index (χ3n) is 5.98. The van der Waals surface area contributed by atoms with Gasteiger partial charge in [0.1, 0.15) is 5.58 Å². The first kappa shape index (κ1) is 20.9. The summed E-state index contributed by atoms with van der Waals surface area (Å²) in [7, 11) is -3.80. The monoisotopic (exact) mass is 426 g/mol. The van der Waals surface area contributed by atoms with Gasteiger partial charge in [-0.05, 0) is 37.0 Å². The SMILES string of the molecule is CC(CC1CCCCC1)NCc1ccccc1NS(=O)(=O)c1cc2ccccc2o1. The van der Waals surface area contributed by atoms with E-state index in [0.29, 0.717) is 23.9 Å². The minimum Gasteiger partial charge on any atom is -0.443 e. The molecule has 1 aliphatic rings. The Balaban J connectivity index is 1.43. The molecule has 6 heteroatoms. The molecule has 160 valence electrons. The summed E-state index contributed by atoms with van der Waals surface area (Å²) in [5.41, 5.74) is 2.06. The van der Waals surface area contributed by atoms with Crippen molar-refractivity contribution in [2.24, 2.45) is 5.92 Å². The molecule has 1 atom stereocenters. The van der Waals surface area contributed by atoms with E-state index in [1.165, 1.54) is 38.5 Å². The quantitative estimate of drug-likeness (QED) is 0.486. The van der Waals surface area contributed by atoms with Crippen LogP contribution in [-0.2, 0) is 16.6 Å². The van der Waals surface area contributed by atoms with Gasteiger partial charge in [-0.1, -0.05) is 68.5 Å². The van der Waals surface area contributed by atoms with Gasteiger partial charge in [0.15, 0.2) is 0 Å². The van der Waals surface area contributed by atoms with Crippen LogP contribution in [0.4, 0.5) is 5.69 Å². The number of rotatable bonds is 8. The Labute approximate surface area is 178 Å². The molecule has 0 bridgehead atoms. The lowest BCUT2D eigenvalue weighted by Crippen LogP contribution is -2.29. The molecule has 30 heavy (non-hydrogen) atoms. The van der Waals surface area contributed by atoms with Crippen LogP contribution < -0.4 is 10.0 Å². The van der Waals surface area contributed by atoms with E-state index in [2.05, 4.69) is 17.0 Å². The van der Waals surface area contributed by atoms with Gasteiger partial charge in [-0.2, -0.15) is 8.42 Å². The summed E-state index contributed by atoms with van der Waals surface area (Å²) < 4.78 is 34.1. The highest BCUT2D eigenvalue weighted by molar-refractivity contribution is 7.92. The van der Waals surface area contributed by atoms with Gasteiger partial charge in [0.05, 0.1) is 5.69 Å². The zero-order valence-electron chi connectivity index (χ0n) is 17.4. The average molecular weight is 427 g/mol. The van der Waals surface area contributed by atoms with Crippen LogP contribution in [0.2, 0.25) is 0 Å². The van der Waals surface area contributed by atoms with E-state index in [9.17, 15) is 8.42 Å². The Morgan fingerprint density at radius 3 is 2.57 bits per heavy atom. The Bertz CT molecular complexity index is 1050. The summed E-state index contributed by atoms with van der Waals surface area (Å²) in [5, 5.41) is 4.27. The largest absolute Gasteiger partial charge is 0.443 e. The van der Waals surface area contributed by atoms with Gasteiger partial charge in [0, 0.05) is 24.0 Å². The number of benzene rings is 2. The predicted octanol–water partition coefficient (Wildman–Crippen LogP) is 5.68. The van der Waals surface area contributed by atoms with Crippen molar-refractivity contribution in [3.8, 4) is 0 Å². The molecular weight excluding hydrogens is 396 g/mol. The first-order valence-electron chi connectivity index (χ1n) is 10.8. The second-order valence-corrected chi connectivity index (χ2v) is 10.0. The van der Waals surface area contributed by atoms with Gasteiger partial charge in [-0.15, -0.1) is 0 Å². The van der Waals surface area contributed by atoms with Crippen molar-refractivity contribution in [3.05, 3.63) is 60.2 Å². The minimum atomic E-state index is -3.80. The Kier molecular flexibility index (Phi) is 6.44. The molecule has 1 aliphatic carbocycles. The second-order valence-electron chi connectivity index (χ2n) is 8.39. The molecule has 0 aliphatic heterocycles. The molecule has 1 unspecified atom stereocenters. The van der Waals surface area contributed by atoms with Crippen molar-refractivity contribution in [2.45, 2.75) is 63.1 Å². The molecule has 0 radical (unpaired) electrons. The molecule has 1 fully saturated rings. The molecule has 4 rings (SSSR count). The molecule has 0 saturated heterocycles. The zero-order chi connectivity index (χ0) is 21.0. The maximum Gasteiger partial charge on any atom is 0.295 e. The highest BCUT2D eigenvalue weighted by Crippen LogP contribution is 2.28. The zero-order valence-corrected chi connectivity index (χ0v) is 18.3. The maximum absolute atomic E-state index is 12.9. The average Bonchev–Trinajstić information content (AvgIpc) is 3.19. The number of hydrogen-bond donors (Lipinski definition) is 2. The first-order valence-corrected chi connectivity index (χ1v) is 12.3. The molecule has 0 spiro atoms. The van der Waals surface area contributed by atoms with E-state index in [4.69, 9.17) is 4.42 Å². The number of sulfonamides is 1. The van der Waals surface area contributed by atoms with E-state index >= 15 is 0 Å². The Hall–Kier alpha value is -2.31. The van der Waals surface area contributed by atoms with Crippen LogP contribution >= 0.6 is 0 Å². The van der Waals surface area contributed by atoms with E-state index < -0.39 is 10.0 Å². The lowest BCUT2D eigenvalue weighted by atomic mass is 9.85. The number of nitrogens with one attached hydrogen (secondary N) is 2. The number of anilines is 1. The normalized spacial score (nSPS) is 16.6. The Morgan fingerprint density at radius 1 is 1.03 bits per heavy atom. The smallest absolute Gasteiger partial charge is 0.295 e. The molecular formula is C24H30N2O3S. The van der Waals surface area contributed by atoms with Gasteiger partial charge in [-0.3, -0.25) is 4.72 Å². The van der Waals surface area contributed by atoms with Gasteiger partial charge in [0.2, 0.25) is 5.09 Å². The van der Waals surface area contributed by atoms with E-state index in [0.717, 1.165) is 16.9 Å². The number of furan rings is 1. The van der Waals surface area contributed by atoms with Crippen LogP contribution in [0.5, 0.6) is 0 Å². The third kappa shape index (κ3) is 5.05. The fourth-order valence-electron chi connectivity index (χ4n) is 4.35. The highest BCUT2D eigenvalue weighted by atomic mass is 32.2. The van der Waals surface area contributed by atoms with Crippen LogP contribution in [0.15, 0.2) is 64.1 Å². The standard InChI is InChI=1S/C24H30N2O3S/c1-18(15-19-9-3-2-4-10-19)25-17-21-12-5-7-13-22(21)26-30(27,28)24-16-20-11-6-8-14-23(20)29-24/h5-8,11-14,16,18-19,25-26H,2-4,9-10,15,17H2,1H3. The molecule has 1 aromatic heterocycles. The highest BCUT2D eigenvalue weighted by Gasteiger charge is 2.21. The van der Waals surface area contributed by atoms with E-state index in [-0.39, 0.29) is 5.09 Å². The lowest BCUT2D eigenvalue weighted by molar-refractivity contribution is 0.305. The predicted molar refractivity (Wildman–Crippen MR) is 121 cm³/mol. The summed E-state index contributed by atoms with van der Waals surface area (Å²) in [4.78, 5) is 0.